The average molecular weight is 148 g/mol. The Morgan fingerprint density at radius 1 is 0.909 bits per heavy atom. The van der Waals surface area contributed by atoms with Crippen molar-refractivity contribution in [1.29, 1.82) is 0 Å². The molecule has 1 aliphatic carbocycles. The minimum atomic E-state index is -0.173. The summed E-state index contributed by atoms with van der Waals surface area (Å²) in [6, 6.07) is 0. The Kier molecular flexibility index (Phi) is 1.06. The van der Waals surface area contributed by atoms with Gasteiger partial charge in [0.1, 0.15) is 12.5 Å². The molecule has 1 heterocycles. The van der Waals surface area contributed by atoms with Crippen molar-refractivity contribution in [2.75, 3.05) is 0 Å². The van der Waals surface area contributed by atoms with Gasteiger partial charge in [0.05, 0.1) is 11.1 Å². The minimum Gasteiger partial charge on any atom is -0.471 e. The summed E-state index contributed by atoms with van der Waals surface area (Å²) < 4.78 is 4.73. The Morgan fingerprint density at radius 2 is 1.36 bits per heavy atom. The molecule has 0 unspecified atom stereocenters. The summed E-state index contributed by atoms with van der Waals surface area (Å²) >= 11 is 0. The first-order valence-corrected chi connectivity index (χ1v) is 3.12. The molecule has 54 valence electrons. The van der Waals surface area contributed by atoms with Gasteiger partial charge >= 0.3 is 0 Å². The van der Waals surface area contributed by atoms with Crippen molar-refractivity contribution in [3.05, 3.63) is 35.8 Å². The van der Waals surface area contributed by atoms with Crippen LogP contribution in [0.1, 0.15) is 20.7 Å². The van der Waals surface area contributed by atoms with Crippen molar-refractivity contribution in [2.45, 2.75) is 0 Å². The maximum Gasteiger partial charge on any atom is 0.189 e. The second-order valence-electron chi connectivity index (χ2n) is 2.26. The van der Waals surface area contributed by atoms with Gasteiger partial charge in [-0.25, -0.2) is 0 Å². The molecule has 1 aliphatic rings. The summed E-state index contributed by atoms with van der Waals surface area (Å²) in [4.78, 5) is 22.0. The minimum absolute atomic E-state index is 0.173. The van der Waals surface area contributed by atoms with Crippen LogP contribution in [-0.4, -0.2) is 11.6 Å². The highest BCUT2D eigenvalue weighted by Crippen LogP contribution is 2.16. The van der Waals surface area contributed by atoms with Crippen LogP contribution < -0.4 is 0 Å². The Bertz CT molecular complexity index is 325. The van der Waals surface area contributed by atoms with E-state index in [9.17, 15) is 9.59 Å². The molecule has 3 heteroatoms. The molecule has 0 aromatic carbocycles. The van der Waals surface area contributed by atoms with E-state index < -0.39 is 0 Å². The van der Waals surface area contributed by atoms with Gasteiger partial charge in [-0.05, 0) is 12.2 Å². The first-order chi connectivity index (χ1) is 5.29. The van der Waals surface area contributed by atoms with E-state index in [4.69, 9.17) is 4.42 Å². The first-order valence-electron chi connectivity index (χ1n) is 3.12. The summed E-state index contributed by atoms with van der Waals surface area (Å²) in [5.74, 6) is -0.346. The molecule has 0 N–H and O–H groups in total. The van der Waals surface area contributed by atoms with Crippen molar-refractivity contribution in [3.8, 4) is 0 Å². The van der Waals surface area contributed by atoms with Crippen molar-refractivity contribution in [2.24, 2.45) is 0 Å². The standard InChI is InChI=1S/C8H4O3/c9-7-1-2-8(10)6-4-11-3-5(6)7/h1-4H. The maximum absolute atomic E-state index is 11.0. The second-order valence-corrected chi connectivity index (χ2v) is 2.26. The van der Waals surface area contributed by atoms with E-state index in [1.165, 1.54) is 24.7 Å². The topological polar surface area (TPSA) is 47.3 Å². The largest absolute Gasteiger partial charge is 0.471 e. The van der Waals surface area contributed by atoms with E-state index >= 15 is 0 Å². The average Bonchev–Trinajstić information content (AvgIpc) is 2.45. The fraction of sp³-hybridized carbons (Fsp3) is 0. The third kappa shape index (κ3) is 0.741. The number of allylic oxidation sites excluding steroid dienone is 2. The summed E-state index contributed by atoms with van der Waals surface area (Å²) in [6.45, 7) is 0. The molecule has 1 aromatic rings. The van der Waals surface area contributed by atoms with Gasteiger partial charge < -0.3 is 4.42 Å². The summed E-state index contributed by atoms with van der Waals surface area (Å²) in [5.41, 5.74) is 0.718. The van der Waals surface area contributed by atoms with Gasteiger partial charge in [-0.1, -0.05) is 0 Å². The highest BCUT2D eigenvalue weighted by atomic mass is 16.3. The molecular formula is C8H4O3. The number of ketones is 2. The molecule has 0 fully saturated rings. The number of rotatable bonds is 0. The normalized spacial score (nSPS) is 15.3. The Balaban J connectivity index is 2.68. The number of fused-ring (bicyclic) bond motifs is 1. The van der Waals surface area contributed by atoms with Crippen molar-refractivity contribution in [1.82, 2.24) is 0 Å². The fourth-order valence-corrected chi connectivity index (χ4v) is 1.01. The molecule has 0 atom stereocenters. The molecule has 0 bridgehead atoms. The van der Waals surface area contributed by atoms with Crippen molar-refractivity contribution >= 4 is 11.6 Å². The quantitative estimate of drug-likeness (QED) is 0.555. The smallest absolute Gasteiger partial charge is 0.189 e. The van der Waals surface area contributed by atoms with E-state index in [-0.39, 0.29) is 11.6 Å². The molecule has 3 nitrogen and oxygen atoms in total. The Labute approximate surface area is 62.3 Å². The van der Waals surface area contributed by atoms with E-state index in [1.807, 2.05) is 0 Å². The van der Waals surface area contributed by atoms with Gasteiger partial charge in [-0.3, -0.25) is 9.59 Å². The Morgan fingerprint density at radius 3 is 1.82 bits per heavy atom. The van der Waals surface area contributed by atoms with E-state index in [0.29, 0.717) is 11.1 Å². The molecule has 1 aromatic heterocycles. The number of hydrogen-bond donors (Lipinski definition) is 0. The molecular weight excluding hydrogens is 144 g/mol. The molecule has 0 radical (unpaired) electrons. The van der Waals surface area contributed by atoms with Crippen LogP contribution in [0.4, 0.5) is 0 Å². The van der Waals surface area contributed by atoms with Crippen LogP contribution in [0.25, 0.3) is 0 Å². The summed E-state index contributed by atoms with van der Waals surface area (Å²) in [5, 5.41) is 0. The second kappa shape index (κ2) is 1.92. The van der Waals surface area contributed by atoms with Crippen molar-refractivity contribution < 1.29 is 14.0 Å². The van der Waals surface area contributed by atoms with Crippen LogP contribution in [0.3, 0.4) is 0 Å². The van der Waals surface area contributed by atoms with Gasteiger partial charge in [-0.15, -0.1) is 0 Å². The predicted molar refractivity (Wildman–Crippen MR) is 36.5 cm³/mol. The molecule has 0 amide bonds. The van der Waals surface area contributed by atoms with E-state index in [2.05, 4.69) is 0 Å². The van der Waals surface area contributed by atoms with Crippen molar-refractivity contribution in [3.63, 3.8) is 0 Å². The molecule has 0 saturated heterocycles. The zero-order valence-electron chi connectivity index (χ0n) is 5.53. The molecule has 11 heavy (non-hydrogen) atoms. The third-order valence-corrected chi connectivity index (χ3v) is 1.58. The Hall–Kier alpha value is -1.64. The number of carbonyl (C=O) groups is 2. The van der Waals surface area contributed by atoms with E-state index in [0.717, 1.165) is 0 Å². The highest BCUT2D eigenvalue weighted by Gasteiger charge is 2.20. The number of hydrogen-bond acceptors (Lipinski definition) is 3. The SMILES string of the molecule is O=C1C=CC(=O)c2cocc21. The zero-order valence-corrected chi connectivity index (χ0v) is 5.53. The monoisotopic (exact) mass is 148 g/mol. The van der Waals surface area contributed by atoms with Crippen LogP contribution in [0.5, 0.6) is 0 Å². The highest BCUT2D eigenvalue weighted by molar-refractivity contribution is 6.21. The van der Waals surface area contributed by atoms with Gasteiger partial charge in [-0.2, -0.15) is 0 Å². The van der Waals surface area contributed by atoms with Gasteiger partial charge in [0.2, 0.25) is 0 Å². The number of carbonyl (C=O) groups excluding carboxylic acids is 2. The fourth-order valence-electron chi connectivity index (χ4n) is 1.01. The lowest BCUT2D eigenvalue weighted by Crippen LogP contribution is -2.07. The molecule has 0 saturated carbocycles. The van der Waals surface area contributed by atoms with Crippen LogP contribution in [-0.2, 0) is 0 Å². The van der Waals surface area contributed by atoms with Crippen LogP contribution >= 0.6 is 0 Å². The summed E-state index contributed by atoms with van der Waals surface area (Å²) in [6.07, 6.45) is 5.08. The lowest BCUT2D eigenvalue weighted by Gasteiger charge is -1.98. The van der Waals surface area contributed by atoms with Crippen LogP contribution in [0.2, 0.25) is 0 Å². The van der Waals surface area contributed by atoms with Gasteiger partial charge in [0, 0.05) is 0 Å². The van der Waals surface area contributed by atoms with Gasteiger partial charge in [0.25, 0.3) is 0 Å². The van der Waals surface area contributed by atoms with E-state index in [1.54, 1.807) is 0 Å². The lowest BCUT2D eigenvalue weighted by molar-refractivity contribution is 0.0995. The maximum atomic E-state index is 11.0. The first kappa shape index (κ1) is 6.09. The van der Waals surface area contributed by atoms with Gasteiger partial charge in [0.15, 0.2) is 11.6 Å². The number of furan rings is 1. The third-order valence-electron chi connectivity index (χ3n) is 1.58. The molecule has 2 rings (SSSR count). The molecule has 0 spiro atoms. The zero-order chi connectivity index (χ0) is 7.84. The predicted octanol–water partition coefficient (Wildman–Crippen LogP) is 1.21. The molecule has 0 aliphatic heterocycles. The van der Waals surface area contributed by atoms with Crippen LogP contribution in [0.15, 0.2) is 29.1 Å². The summed E-state index contributed by atoms with van der Waals surface area (Å²) in [7, 11) is 0. The lowest BCUT2D eigenvalue weighted by atomic mass is 10.0. The van der Waals surface area contributed by atoms with Crippen LogP contribution in [0, 0.1) is 0 Å².